The second kappa shape index (κ2) is 4.09. The first-order valence-electron chi connectivity index (χ1n) is 7.95. The number of benzene rings is 1. The Kier molecular flexibility index (Phi) is 2.42. The Morgan fingerprint density at radius 1 is 1.41 bits per heavy atom. The van der Waals surface area contributed by atoms with Crippen molar-refractivity contribution in [1.29, 1.82) is 0 Å². The van der Waals surface area contributed by atoms with E-state index in [9.17, 15) is 5.11 Å². The Bertz CT molecular complexity index is 691. The molecule has 113 valence electrons. The molecule has 1 radical (unpaired) electrons. The monoisotopic (exact) mass is 296 g/mol. The average molecular weight is 296 g/mol. The minimum atomic E-state index is -0.570. The van der Waals surface area contributed by atoms with E-state index in [-0.39, 0.29) is 11.4 Å². The number of rotatable bonds is 1. The molecule has 2 aliphatic carbocycles. The summed E-state index contributed by atoms with van der Waals surface area (Å²) in [5, 5.41) is 10.3. The van der Waals surface area contributed by atoms with E-state index < -0.39 is 6.10 Å². The third-order valence-corrected chi connectivity index (χ3v) is 6.08. The largest absolute Gasteiger partial charge is 0.493 e. The van der Waals surface area contributed by atoms with Crippen molar-refractivity contribution in [3.63, 3.8) is 0 Å². The number of hydrogen-bond donors (Lipinski definition) is 1. The SMILES string of the molecule is COc1ccc2c3c1O[C@H]1[C@@H](O)C=CC4C(C2)N(C)C[B][C@@]341. The van der Waals surface area contributed by atoms with Crippen LogP contribution in [0.2, 0.25) is 0 Å². The van der Waals surface area contributed by atoms with E-state index >= 15 is 0 Å². The highest BCUT2D eigenvalue weighted by atomic mass is 16.5. The Labute approximate surface area is 131 Å². The summed E-state index contributed by atoms with van der Waals surface area (Å²) >= 11 is 0. The van der Waals surface area contributed by atoms with Crippen molar-refractivity contribution in [3.8, 4) is 11.5 Å². The van der Waals surface area contributed by atoms with Gasteiger partial charge in [0, 0.05) is 16.9 Å². The van der Waals surface area contributed by atoms with Gasteiger partial charge >= 0.3 is 0 Å². The van der Waals surface area contributed by atoms with Crippen molar-refractivity contribution >= 4 is 7.28 Å². The first kappa shape index (κ1) is 13.0. The van der Waals surface area contributed by atoms with Crippen molar-refractivity contribution in [3.05, 3.63) is 35.4 Å². The van der Waals surface area contributed by atoms with Crippen LogP contribution in [0.25, 0.3) is 0 Å². The van der Waals surface area contributed by atoms with Gasteiger partial charge in [-0.3, -0.25) is 0 Å². The summed E-state index contributed by atoms with van der Waals surface area (Å²) in [6, 6.07) is 4.64. The van der Waals surface area contributed by atoms with Crippen LogP contribution in [-0.2, 0) is 11.7 Å². The van der Waals surface area contributed by atoms with Gasteiger partial charge in [-0.15, -0.1) is 0 Å². The summed E-state index contributed by atoms with van der Waals surface area (Å²) < 4.78 is 11.8. The fourth-order valence-electron chi connectivity index (χ4n) is 5.11. The summed E-state index contributed by atoms with van der Waals surface area (Å²) in [6.07, 6.45) is 5.27. The molecule has 2 aliphatic heterocycles. The maximum absolute atomic E-state index is 10.5. The first-order chi connectivity index (χ1) is 10.7. The molecule has 4 aliphatic rings. The third kappa shape index (κ3) is 1.29. The Morgan fingerprint density at radius 2 is 2.27 bits per heavy atom. The lowest BCUT2D eigenvalue weighted by molar-refractivity contribution is 0.00876. The summed E-state index contributed by atoms with van der Waals surface area (Å²) in [5.74, 6) is 1.98. The summed E-state index contributed by atoms with van der Waals surface area (Å²) in [7, 11) is 6.23. The van der Waals surface area contributed by atoms with Crippen LogP contribution in [0.1, 0.15) is 11.1 Å². The second-order valence-electron chi connectivity index (χ2n) is 6.92. The molecule has 2 bridgehead atoms. The van der Waals surface area contributed by atoms with E-state index in [2.05, 4.69) is 31.4 Å². The molecule has 4 nitrogen and oxygen atoms in total. The zero-order valence-corrected chi connectivity index (χ0v) is 12.8. The van der Waals surface area contributed by atoms with Gasteiger partial charge in [-0.25, -0.2) is 0 Å². The lowest BCUT2D eigenvalue weighted by Gasteiger charge is -2.56. The van der Waals surface area contributed by atoms with Crippen LogP contribution in [0.3, 0.4) is 0 Å². The van der Waals surface area contributed by atoms with Gasteiger partial charge in [0.15, 0.2) is 11.5 Å². The summed E-state index contributed by atoms with van der Waals surface area (Å²) in [5.41, 5.74) is 2.60. The molecule has 22 heavy (non-hydrogen) atoms. The number of aliphatic hydroxyl groups excluding tert-OH is 1. The number of methoxy groups -OCH3 is 1. The molecule has 2 unspecified atom stereocenters. The van der Waals surface area contributed by atoms with Crippen molar-refractivity contribution in [2.45, 2.75) is 30.0 Å². The van der Waals surface area contributed by atoms with Crippen LogP contribution in [0.5, 0.6) is 11.5 Å². The highest BCUT2D eigenvalue weighted by Gasteiger charge is 2.64. The second-order valence-corrected chi connectivity index (χ2v) is 6.92. The van der Waals surface area contributed by atoms with Gasteiger partial charge in [0.2, 0.25) is 0 Å². The Balaban J connectivity index is 1.82. The predicted molar refractivity (Wildman–Crippen MR) is 83.6 cm³/mol. The number of aliphatic hydroxyl groups is 1. The molecular weight excluding hydrogens is 277 g/mol. The normalized spacial score (nSPS) is 40.7. The van der Waals surface area contributed by atoms with E-state index in [1.54, 1.807) is 7.11 Å². The molecule has 1 saturated heterocycles. The number of nitrogens with zero attached hydrogens (tertiary/aromatic N) is 1. The standard InChI is InChI=1S/C17H19BNO3/c1-19-8-18-17-10-4-5-12(20)16(17)22-15-13(21-2)6-3-9(14(15)17)7-11(10)19/h3-6,10-12,16,20H,7-8H2,1-2H3/t10?,11?,12-,16-,17+/m0/s1. The van der Waals surface area contributed by atoms with E-state index in [0.29, 0.717) is 12.0 Å². The Hall–Kier alpha value is -1.46. The van der Waals surface area contributed by atoms with Crippen LogP contribution in [-0.4, -0.2) is 56.1 Å². The molecule has 5 atom stereocenters. The van der Waals surface area contributed by atoms with Crippen molar-refractivity contribution in [2.75, 3.05) is 20.6 Å². The molecule has 5 rings (SSSR count). The fourth-order valence-corrected chi connectivity index (χ4v) is 5.11. The van der Waals surface area contributed by atoms with Crippen LogP contribution in [0, 0.1) is 5.92 Å². The van der Waals surface area contributed by atoms with E-state index in [1.165, 1.54) is 11.1 Å². The first-order valence-corrected chi connectivity index (χ1v) is 7.95. The van der Waals surface area contributed by atoms with E-state index in [4.69, 9.17) is 9.47 Å². The lowest BCUT2D eigenvalue weighted by atomic mass is 9.36. The van der Waals surface area contributed by atoms with Crippen LogP contribution in [0.4, 0.5) is 0 Å². The topological polar surface area (TPSA) is 41.9 Å². The third-order valence-electron chi connectivity index (χ3n) is 6.08. The van der Waals surface area contributed by atoms with Crippen LogP contribution in [0.15, 0.2) is 24.3 Å². The minimum Gasteiger partial charge on any atom is -0.493 e. The lowest BCUT2D eigenvalue weighted by Crippen LogP contribution is -2.68. The quantitative estimate of drug-likeness (QED) is 0.613. The molecule has 1 N–H and O–H groups in total. The predicted octanol–water partition coefficient (Wildman–Crippen LogP) is 0.730. The zero-order chi connectivity index (χ0) is 15.1. The van der Waals surface area contributed by atoms with E-state index in [0.717, 1.165) is 24.4 Å². The fraction of sp³-hybridized carbons (Fsp3) is 0.529. The number of ether oxygens (including phenoxy) is 2. The molecule has 1 aromatic carbocycles. The maximum atomic E-state index is 10.5. The minimum absolute atomic E-state index is 0.206. The summed E-state index contributed by atoms with van der Waals surface area (Å²) in [4.78, 5) is 2.42. The molecule has 0 saturated carbocycles. The molecular formula is C17H19BNO3. The molecule has 2 heterocycles. The number of hydrogen-bond acceptors (Lipinski definition) is 4. The molecule has 1 spiro atoms. The zero-order valence-electron chi connectivity index (χ0n) is 12.8. The molecule has 5 heteroatoms. The molecule has 0 aromatic heterocycles. The van der Waals surface area contributed by atoms with Gasteiger partial charge in [-0.2, -0.15) is 0 Å². The van der Waals surface area contributed by atoms with Gasteiger partial charge in [-0.05, 0) is 37.5 Å². The van der Waals surface area contributed by atoms with Crippen molar-refractivity contribution in [1.82, 2.24) is 4.90 Å². The average Bonchev–Trinajstić information content (AvgIpc) is 2.88. The Morgan fingerprint density at radius 3 is 3.09 bits per heavy atom. The van der Waals surface area contributed by atoms with Gasteiger partial charge in [-0.1, -0.05) is 18.2 Å². The van der Waals surface area contributed by atoms with Crippen LogP contribution < -0.4 is 9.47 Å². The molecule has 1 fully saturated rings. The highest BCUT2D eigenvalue weighted by molar-refractivity contribution is 6.42. The van der Waals surface area contributed by atoms with Crippen LogP contribution >= 0.6 is 0 Å². The number of likely N-dealkylation sites (N-methyl/N-ethyl adjacent to an activating group) is 1. The van der Waals surface area contributed by atoms with Crippen molar-refractivity contribution < 1.29 is 14.6 Å². The van der Waals surface area contributed by atoms with Gasteiger partial charge in [0.25, 0.3) is 0 Å². The maximum Gasteiger partial charge on any atom is 0.165 e. The molecule has 1 aromatic rings. The van der Waals surface area contributed by atoms with Gasteiger partial charge < -0.3 is 19.5 Å². The van der Waals surface area contributed by atoms with E-state index in [1.807, 2.05) is 12.1 Å². The van der Waals surface area contributed by atoms with Gasteiger partial charge in [0.1, 0.15) is 19.5 Å². The van der Waals surface area contributed by atoms with Gasteiger partial charge in [0.05, 0.1) is 7.11 Å². The summed E-state index contributed by atoms with van der Waals surface area (Å²) in [6.45, 7) is 0. The smallest absolute Gasteiger partial charge is 0.165 e. The molecule has 0 amide bonds. The van der Waals surface area contributed by atoms with Crippen molar-refractivity contribution in [2.24, 2.45) is 5.92 Å². The highest BCUT2D eigenvalue weighted by Crippen LogP contribution is 2.60.